The summed E-state index contributed by atoms with van der Waals surface area (Å²) in [6, 6.07) is 4.41. The molecule has 4 rings (SSSR count). The number of nitrogens with zero attached hydrogens (tertiary/aromatic N) is 3. The Kier molecular flexibility index (Phi) is 4.78. The van der Waals surface area contributed by atoms with E-state index < -0.39 is 0 Å². The number of carbonyl (C=O) groups excluding carboxylic acids is 1. The van der Waals surface area contributed by atoms with Gasteiger partial charge in [0, 0.05) is 31.1 Å². The standard InChI is InChI=1S/C19H24Cl2N4O/c1-11(2)25-17-10-15(21)14(20)9-16(17)23-19(25)24-7-5-12(6-8-24)18(26)22-13-3-4-13/h9-13H,3-8H2,1-2H3,(H,22,26). The van der Waals surface area contributed by atoms with Crippen LogP contribution in [0, 0.1) is 5.92 Å². The fourth-order valence-electron chi connectivity index (χ4n) is 3.70. The normalized spacial score (nSPS) is 18.7. The molecule has 1 amide bonds. The summed E-state index contributed by atoms with van der Waals surface area (Å²) >= 11 is 12.4. The molecule has 2 aromatic rings. The lowest BCUT2D eigenvalue weighted by atomic mass is 9.96. The van der Waals surface area contributed by atoms with Gasteiger partial charge in [-0.3, -0.25) is 4.79 Å². The Morgan fingerprint density at radius 3 is 2.42 bits per heavy atom. The van der Waals surface area contributed by atoms with Gasteiger partial charge in [-0.05, 0) is 51.7 Å². The third-order valence-electron chi connectivity index (χ3n) is 5.30. The molecule has 0 atom stereocenters. The van der Waals surface area contributed by atoms with E-state index in [9.17, 15) is 4.79 Å². The monoisotopic (exact) mass is 394 g/mol. The lowest BCUT2D eigenvalue weighted by molar-refractivity contribution is -0.125. The first kappa shape index (κ1) is 17.9. The van der Waals surface area contributed by atoms with Crippen LogP contribution in [0.3, 0.4) is 0 Å². The van der Waals surface area contributed by atoms with Crippen molar-refractivity contribution in [2.75, 3.05) is 18.0 Å². The summed E-state index contributed by atoms with van der Waals surface area (Å²) in [4.78, 5) is 19.4. The summed E-state index contributed by atoms with van der Waals surface area (Å²) in [5.41, 5.74) is 1.86. The number of nitrogens with one attached hydrogen (secondary N) is 1. The zero-order chi connectivity index (χ0) is 18.4. The highest BCUT2D eigenvalue weighted by molar-refractivity contribution is 6.42. The summed E-state index contributed by atoms with van der Waals surface area (Å²) < 4.78 is 2.21. The fraction of sp³-hybridized carbons (Fsp3) is 0.579. The van der Waals surface area contributed by atoms with Crippen LogP contribution in [-0.2, 0) is 4.79 Å². The molecule has 2 heterocycles. The van der Waals surface area contributed by atoms with E-state index in [1.807, 2.05) is 12.1 Å². The van der Waals surface area contributed by atoms with Crippen molar-refractivity contribution in [1.29, 1.82) is 0 Å². The molecule has 2 fully saturated rings. The number of fused-ring (bicyclic) bond motifs is 1. The van der Waals surface area contributed by atoms with Gasteiger partial charge in [0.25, 0.3) is 0 Å². The molecule has 1 saturated carbocycles. The van der Waals surface area contributed by atoms with Crippen molar-refractivity contribution in [3.63, 3.8) is 0 Å². The average molecular weight is 395 g/mol. The van der Waals surface area contributed by atoms with Crippen LogP contribution >= 0.6 is 23.2 Å². The summed E-state index contributed by atoms with van der Waals surface area (Å²) in [6.07, 6.45) is 3.99. The van der Waals surface area contributed by atoms with Crippen molar-refractivity contribution in [3.8, 4) is 0 Å². The highest BCUT2D eigenvalue weighted by Gasteiger charge is 2.31. The SMILES string of the molecule is CC(C)n1c(N2CCC(C(=O)NC3CC3)CC2)nc2cc(Cl)c(Cl)cc21. The van der Waals surface area contributed by atoms with Crippen LogP contribution < -0.4 is 10.2 Å². The quantitative estimate of drug-likeness (QED) is 0.834. The minimum atomic E-state index is 0.118. The maximum absolute atomic E-state index is 12.3. The molecule has 1 aromatic carbocycles. The first-order valence-electron chi connectivity index (χ1n) is 9.36. The third-order valence-corrected chi connectivity index (χ3v) is 6.02. The number of amides is 1. The number of halogens is 2. The van der Waals surface area contributed by atoms with Crippen LogP contribution in [0.25, 0.3) is 11.0 Å². The van der Waals surface area contributed by atoms with Crippen molar-refractivity contribution < 1.29 is 4.79 Å². The Bertz CT molecular complexity index is 836. The second kappa shape index (κ2) is 6.93. The highest BCUT2D eigenvalue weighted by atomic mass is 35.5. The second-order valence-corrected chi connectivity index (χ2v) is 8.49. The molecule has 0 radical (unpaired) electrons. The average Bonchev–Trinajstić information content (AvgIpc) is 3.34. The van der Waals surface area contributed by atoms with E-state index in [0.29, 0.717) is 16.1 Å². The van der Waals surface area contributed by atoms with Crippen molar-refractivity contribution in [3.05, 3.63) is 22.2 Å². The van der Waals surface area contributed by atoms with Crippen LogP contribution in [0.5, 0.6) is 0 Å². The van der Waals surface area contributed by atoms with Gasteiger partial charge >= 0.3 is 0 Å². The van der Waals surface area contributed by atoms with Crippen molar-refractivity contribution in [2.24, 2.45) is 5.92 Å². The van der Waals surface area contributed by atoms with Gasteiger partial charge in [0.05, 0.1) is 21.1 Å². The number of hydrogen-bond donors (Lipinski definition) is 1. The van der Waals surface area contributed by atoms with Crippen LogP contribution in [0.1, 0.15) is 45.6 Å². The molecule has 0 bridgehead atoms. The molecule has 1 N–H and O–H groups in total. The zero-order valence-electron chi connectivity index (χ0n) is 15.1. The molecule has 1 aliphatic heterocycles. The Morgan fingerprint density at radius 1 is 1.15 bits per heavy atom. The van der Waals surface area contributed by atoms with Gasteiger partial charge in [0.15, 0.2) is 0 Å². The maximum Gasteiger partial charge on any atom is 0.223 e. The number of rotatable bonds is 4. The number of piperidine rings is 1. The van der Waals surface area contributed by atoms with Crippen LogP contribution in [-0.4, -0.2) is 34.6 Å². The number of carbonyl (C=O) groups is 1. The molecule has 1 saturated heterocycles. The molecule has 1 aliphatic carbocycles. The zero-order valence-corrected chi connectivity index (χ0v) is 16.6. The number of imidazole rings is 1. The molecule has 0 spiro atoms. The van der Waals surface area contributed by atoms with Gasteiger partial charge < -0.3 is 14.8 Å². The number of benzene rings is 1. The number of hydrogen-bond acceptors (Lipinski definition) is 3. The van der Waals surface area contributed by atoms with E-state index in [1.165, 1.54) is 0 Å². The largest absolute Gasteiger partial charge is 0.353 e. The molecule has 5 nitrogen and oxygen atoms in total. The van der Waals surface area contributed by atoms with Crippen LogP contribution in [0.15, 0.2) is 12.1 Å². The van der Waals surface area contributed by atoms with Crippen LogP contribution in [0.2, 0.25) is 10.0 Å². The molecule has 140 valence electrons. The van der Waals surface area contributed by atoms with Gasteiger partial charge in [0.1, 0.15) is 0 Å². The summed E-state index contributed by atoms with van der Waals surface area (Å²) in [7, 11) is 0. The van der Waals surface area contributed by atoms with Gasteiger partial charge in [0.2, 0.25) is 11.9 Å². The van der Waals surface area contributed by atoms with Crippen molar-refractivity contribution in [2.45, 2.75) is 51.6 Å². The lowest BCUT2D eigenvalue weighted by Gasteiger charge is -2.33. The first-order chi connectivity index (χ1) is 12.4. The molecule has 7 heteroatoms. The Labute approximate surface area is 163 Å². The van der Waals surface area contributed by atoms with Gasteiger partial charge in [-0.15, -0.1) is 0 Å². The van der Waals surface area contributed by atoms with E-state index in [-0.39, 0.29) is 17.9 Å². The molecular formula is C19H24Cl2N4O. The predicted molar refractivity (Wildman–Crippen MR) is 106 cm³/mol. The summed E-state index contributed by atoms with van der Waals surface area (Å²) in [5, 5.41) is 4.20. The van der Waals surface area contributed by atoms with Crippen molar-refractivity contribution >= 4 is 46.1 Å². The summed E-state index contributed by atoms with van der Waals surface area (Å²) in [5.74, 6) is 1.28. The molecule has 26 heavy (non-hydrogen) atoms. The van der Waals surface area contributed by atoms with Crippen molar-refractivity contribution in [1.82, 2.24) is 14.9 Å². The van der Waals surface area contributed by atoms with E-state index in [1.54, 1.807) is 0 Å². The lowest BCUT2D eigenvalue weighted by Crippen LogP contribution is -2.42. The fourth-order valence-corrected chi connectivity index (χ4v) is 4.01. The Morgan fingerprint density at radius 2 is 1.81 bits per heavy atom. The topological polar surface area (TPSA) is 50.2 Å². The Hall–Kier alpha value is -1.46. The predicted octanol–water partition coefficient (Wildman–Crippen LogP) is 4.42. The molecule has 0 unspecified atom stereocenters. The smallest absolute Gasteiger partial charge is 0.223 e. The Balaban J connectivity index is 1.56. The van der Waals surface area contributed by atoms with Gasteiger partial charge in [-0.2, -0.15) is 0 Å². The number of anilines is 1. The second-order valence-electron chi connectivity index (χ2n) is 7.67. The van der Waals surface area contributed by atoms with Gasteiger partial charge in [-0.25, -0.2) is 4.98 Å². The van der Waals surface area contributed by atoms with E-state index >= 15 is 0 Å². The molecular weight excluding hydrogens is 371 g/mol. The first-order valence-corrected chi connectivity index (χ1v) is 10.1. The third kappa shape index (κ3) is 3.39. The minimum absolute atomic E-state index is 0.118. The maximum atomic E-state index is 12.3. The van der Waals surface area contributed by atoms with E-state index in [2.05, 4.69) is 28.6 Å². The van der Waals surface area contributed by atoms with E-state index in [4.69, 9.17) is 28.2 Å². The van der Waals surface area contributed by atoms with Crippen LogP contribution in [0.4, 0.5) is 5.95 Å². The molecule has 2 aliphatic rings. The van der Waals surface area contributed by atoms with Gasteiger partial charge in [-0.1, -0.05) is 23.2 Å². The minimum Gasteiger partial charge on any atom is -0.353 e. The number of aromatic nitrogens is 2. The molecule has 1 aromatic heterocycles. The summed E-state index contributed by atoms with van der Waals surface area (Å²) in [6.45, 7) is 5.95. The highest BCUT2D eigenvalue weighted by Crippen LogP contribution is 2.34. The van der Waals surface area contributed by atoms with E-state index in [0.717, 1.165) is 55.8 Å².